The minimum Gasteiger partial charge on any atom is -0.346 e. The Kier molecular flexibility index (Phi) is 3.49. The zero-order chi connectivity index (χ0) is 10.7. The van der Waals surface area contributed by atoms with Crippen molar-refractivity contribution in [2.45, 2.75) is 12.4 Å². The molecule has 78 valence electrons. The van der Waals surface area contributed by atoms with Crippen molar-refractivity contribution in [1.29, 1.82) is 0 Å². The van der Waals surface area contributed by atoms with Crippen LogP contribution in [0.4, 0.5) is 0 Å². The molecule has 0 unspecified atom stereocenters. The van der Waals surface area contributed by atoms with Crippen LogP contribution in [0, 0.1) is 0 Å². The SMILES string of the molecule is ClCc1cccn1Cc1ccc(Br)cc1. The van der Waals surface area contributed by atoms with Crippen molar-refractivity contribution in [2.24, 2.45) is 0 Å². The van der Waals surface area contributed by atoms with E-state index in [0.717, 1.165) is 16.7 Å². The van der Waals surface area contributed by atoms with Gasteiger partial charge in [0.1, 0.15) is 0 Å². The first-order valence-corrected chi connectivity index (χ1v) is 6.07. The smallest absolute Gasteiger partial charge is 0.0627 e. The number of halogens is 2. The molecule has 0 saturated heterocycles. The van der Waals surface area contributed by atoms with Gasteiger partial charge in [0.05, 0.1) is 5.88 Å². The number of alkyl halides is 1. The van der Waals surface area contributed by atoms with E-state index in [-0.39, 0.29) is 0 Å². The molecule has 0 saturated carbocycles. The zero-order valence-corrected chi connectivity index (χ0v) is 10.5. The Morgan fingerprint density at radius 2 is 1.87 bits per heavy atom. The van der Waals surface area contributed by atoms with E-state index < -0.39 is 0 Å². The van der Waals surface area contributed by atoms with E-state index >= 15 is 0 Å². The van der Waals surface area contributed by atoms with Crippen LogP contribution in [0.1, 0.15) is 11.3 Å². The lowest BCUT2D eigenvalue weighted by molar-refractivity contribution is 0.771. The highest BCUT2D eigenvalue weighted by Crippen LogP contribution is 2.13. The predicted molar refractivity (Wildman–Crippen MR) is 67.2 cm³/mol. The van der Waals surface area contributed by atoms with Gasteiger partial charge in [0, 0.05) is 22.9 Å². The molecule has 1 heterocycles. The summed E-state index contributed by atoms with van der Waals surface area (Å²) >= 11 is 9.26. The first kappa shape index (κ1) is 10.8. The van der Waals surface area contributed by atoms with Crippen molar-refractivity contribution in [2.75, 3.05) is 0 Å². The van der Waals surface area contributed by atoms with E-state index in [4.69, 9.17) is 11.6 Å². The third kappa shape index (κ3) is 2.64. The second-order valence-electron chi connectivity index (χ2n) is 3.39. The molecule has 3 heteroatoms. The van der Waals surface area contributed by atoms with Crippen molar-refractivity contribution in [3.63, 3.8) is 0 Å². The molecule has 1 aromatic carbocycles. The number of benzene rings is 1. The first-order valence-electron chi connectivity index (χ1n) is 4.74. The van der Waals surface area contributed by atoms with Crippen LogP contribution in [0.3, 0.4) is 0 Å². The Morgan fingerprint density at radius 3 is 2.53 bits per heavy atom. The molecular formula is C12H11BrClN. The lowest BCUT2D eigenvalue weighted by Crippen LogP contribution is -2.01. The van der Waals surface area contributed by atoms with Gasteiger partial charge >= 0.3 is 0 Å². The highest BCUT2D eigenvalue weighted by molar-refractivity contribution is 9.10. The molecule has 0 bridgehead atoms. The van der Waals surface area contributed by atoms with Crippen LogP contribution in [-0.2, 0) is 12.4 Å². The van der Waals surface area contributed by atoms with Crippen molar-refractivity contribution >= 4 is 27.5 Å². The molecule has 2 aromatic rings. The van der Waals surface area contributed by atoms with Crippen molar-refractivity contribution < 1.29 is 0 Å². The van der Waals surface area contributed by atoms with Crippen molar-refractivity contribution in [3.8, 4) is 0 Å². The molecule has 0 aliphatic rings. The fraction of sp³-hybridized carbons (Fsp3) is 0.167. The Hall–Kier alpha value is -0.730. The number of nitrogens with zero attached hydrogens (tertiary/aromatic N) is 1. The summed E-state index contributed by atoms with van der Waals surface area (Å²) in [5.74, 6) is 0.559. The van der Waals surface area contributed by atoms with Gasteiger partial charge in [-0.2, -0.15) is 0 Å². The topological polar surface area (TPSA) is 4.93 Å². The van der Waals surface area contributed by atoms with Gasteiger partial charge in [0.15, 0.2) is 0 Å². The summed E-state index contributed by atoms with van der Waals surface area (Å²) in [6.07, 6.45) is 2.06. The molecule has 15 heavy (non-hydrogen) atoms. The highest BCUT2D eigenvalue weighted by atomic mass is 79.9. The van der Waals surface area contributed by atoms with Crippen LogP contribution in [0.25, 0.3) is 0 Å². The maximum Gasteiger partial charge on any atom is 0.0627 e. The maximum absolute atomic E-state index is 5.84. The Morgan fingerprint density at radius 1 is 1.13 bits per heavy atom. The fourth-order valence-corrected chi connectivity index (χ4v) is 2.02. The van der Waals surface area contributed by atoms with Crippen LogP contribution >= 0.6 is 27.5 Å². The predicted octanol–water partition coefficient (Wildman–Crippen LogP) is 4.04. The first-order chi connectivity index (χ1) is 7.29. The molecule has 2 rings (SSSR count). The second kappa shape index (κ2) is 4.86. The van der Waals surface area contributed by atoms with Crippen molar-refractivity contribution in [3.05, 3.63) is 58.3 Å². The van der Waals surface area contributed by atoms with Gasteiger partial charge in [-0.25, -0.2) is 0 Å². The number of hydrogen-bond donors (Lipinski definition) is 0. The summed E-state index contributed by atoms with van der Waals surface area (Å²) in [5.41, 5.74) is 2.43. The number of rotatable bonds is 3. The molecular weight excluding hydrogens is 273 g/mol. The summed E-state index contributed by atoms with van der Waals surface area (Å²) in [6, 6.07) is 12.4. The van der Waals surface area contributed by atoms with E-state index in [2.05, 4.69) is 51.0 Å². The van der Waals surface area contributed by atoms with Gasteiger partial charge < -0.3 is 4.57 Å². The van der Waals surface area contributed by atoms with Crippen LogP contribution in [0.5, 0.6) is 0 Å². The molecule has 0 aliphatic heterocycles. The summed E-state index contributed by atoms with van der Waals surface area (Å²) in [5, 5.41) is 0. The zero-order valence-electron chi connectivity index (χ0n) is 8.16. The fourth-order valence-electron chi connectivity index (χ4n) is 1.51. The van der Waals surface area contributed by atoms with E-state index in [1.165, 1.54) is 5.56 Å². The molecule has 0 radical (unpaired) electrons. The second-order valence-corrected chi connectivity index (χ2v) is 4.57. The van der Waals surface area contributed by atoms with Crippen LogP contribution in [-0.4, -0.2) is 4.57 Å². The Balaban J connectivity index is 2.18. The third-order valence-corrected chi connectivity index (χ3v) is 3.13. The van der Waals surface area contributed by atoms with E-state index in [9.17, 15) is 0 Å². The summed E-state index contributed by atoms with van der Waals surface area (Å²) in [4.78, 5) is 0. The molecule has 0 aliphatic carbocycles. The van der Waals surface area contributed by atoms with E-state index in [1.807, 2.05) is 12.1 Å². The summed E-state index contributed by atoms with van der Waals surface area (Å²) < 4.78 is 3.27. The molecule has 0 amide bonds. The summed E-state index contributed by atoms with van der Waals surface area (Å²) in [6.45, 7) is 0.877. The summed E-state index contributed by atoms with van der Waals surface area (Å²) in [7, 11) is 0. The average molecular weight is 285 g/mol. The quantitative estimate of drug-likeness (QED) is 0.750. The normalized spacial score (nSPS) is 10.5. The molecule has 0 spiro atoms. The van der Waals surface area contributed by atoms with E-state index in [0.29, 0.717) is 5.88 Å². The number of aromatic nitrogens is 1. The minimum atomic E-state index is 0.559. The van der Waals surface area contributed by atoms with E-state index in [1.54, 1.807) is 0 Å². The number of hydrogen-bond acceptors (Lipinski definition) is 0. The highest BCUT2D eigenvalue weighted by Gasteiger charge is 2.00. The van der Waals surface area contributed by atoms with Gasteiger partial charge in [-0.1, -0.05) is 28.1 Å². The molecule has 1 aromatic heterocycles. The lowest BCUT2D eigenvalue weighted by Gasteiger charge is -2.07. The monoisotopic (exact) mass is 283 g/mol. The van der Waals surface area contributed by atoms with Gasteiger partial charge in [0.2, 0.25) is 0 Å². The standard InChI is InChI=1S/C12H11BrClN/c13-11-5-3-10(4-6-11)9-15-7-1-2-12(15)8-14/h1-7H,8-9H2. The average Bonchev–Trinajstić information content (AvgIpc) is 2.69. The maximum atomic E-state index is 5.84. The van der Waals surface area contributed by atoms with Gasteiger partial charge in [0.25, 0.3) is 0 Å². The van der Waals surface area contributed by atoms with Gasteiger partial charge in [-0.05, 0) is 29.8 Å². The third-order valence-electron chi connectivity index (χ3n) is 2.33. The van der Waals surface area contributed by atoms with Gasteiger partial charge in [-0.3, -0.25) is 0 Å². The Labute approximate surface area is 103 Å². The molecule has 0 atom stereocenters. The molecule has 0 N–H and O–H groups in total. The van der Waals surface area contributed by atoms with Crippen LogP contribution in [0.15, 0.2) is 47.1 Å². The Bertz CT molecular complexity index is 433. The van der Waals surface area contributed by atoms with Crippen LogP contribution in [0.2, 0.25) is 0 Å². The largest absolute Gasteiger partial charge is 0.346 e. The minimum absolute atomic E-state index is 0.559. The molecule has 1 nitrogen and oxygen atoms in total. The van der Waals surface area contributed by atoms with Gasteiger partial charge in [-0.15, -0.1) is 11.6 Å². The van der Waals surface area contributed by atoms with Crippen molar-refractivity contribution in [1.82, 2.24) is 4.57 Å². The van der Waals surface area contributed by atoms with Crippen LogP contribution < -0.4 is 0 Å². The lowest BCUT2D eigenvalue weighted by atomic mass is 10.2. The molecule has 0 fully saturated rings.